The van der Waals surface area contributed by atoms with Crippen LogP contribution in [-0.4, -0.2) is 28.3 Å². The molecule has 1 N–H and O–H groups in total. The van der Waals surface area contributed by atoms with Crippen LogP contribution in [0.1, 0.15) is 18.2 Å². The molecule has 1 aromatic heterocycles. The van der Waals surface area contributed by atoms with Crippen LogP contribution in [0.5, 0.6) is 0 Å². The molecule has 0 saturated carbocycles. The van der Waals surface area contributed by atoms with Crippen molar-refractivity contribution in [3.8, 4) is 0 Å². The summed E-state index contributed by atoms with van der Waals surface area (Å²) in [5.41, 5.74) is 2.31. The molecule has 0 amide bonds. The molecule has 17 heavy (non-hydrogen) atoms. The minimum Gasteiger partial charge on any atom is -0.386 e. The SMILES string of the molecule is OC(c1cnc2ccccc2n1)C1CCOC1. The van der Waals surface area contributed by atoms with Crippen molar-refractivity contribution in [2.75, 3.05) is 13.2 Å². The molecule has 88 valence electrons. The molecule has 2 atom stereocenters. The Morgan fingerprint density at radius 2 is 2.12 bits per heavy atom. The normalized spacial score (nSPS) is 21.8. The number of ether oxygens (including phenoxy) is 1. The van der Waals surface area contributed by atoms with Crippen molar-refractivity contribution in [2.45, 2.75) is 12.5 Å². The van der Waals surface area contributed by atoms with Gasteiger partial charge in [-0.2, -0.15) is 0 Å². The summed E-state index contributed by atoms with van der Waals surface area (Å²) in [5, 5.41) is 10.2. The lowest BCUT2D eigenvalue weighted by Crippen LogP contribution is -2.14. The van der Waals surface area contributed by atoms with E-state index in [2.05, 4.69) is 9.97 Å². The molecule has 2 heterocycles. The molecule has 0 radical (unpaired) electrons. The van der Waals surface area contributed by atoms with E-state index in [1.165, 1.54) is 0 Å². The number of hydrogen-bond acceptors (Lipinski definition) is 4. The standard InChI is InChI=1S/C13H14N2O2/c16-13(9-5-6-17-8-9)12-7-14-10-3-1-2-4-11(10)15-12/h1-4,7,9,13,16H,5-6,8H2. The zero-order chi connectivity index (χ0) is 11.7. The number of rotatable bonds is 2. The van der Waals surface area contributed by atoms with Gasteiger partial charge in [0, 0.05) is 12.5 Å². The molecule has 0 spiro atoms. The Bertz CT molecular complexity index is 524. The summed E-state index contributed by atoms with van der Waals surface area (Å²) >= 11 is 0. The summed E-state index contributed by atoms with van der Waals surface area (Å²) in [6, 6.07) is 7.67. The van der Waals surface area contributed by atoms with Crippen LogP contribution in [0.3, 0.4) is 0 Å². The van der Waals surface area contributed by atoms with E-state index in [-0.39, 0.29) is 5.92 Å². The van der Waals surface area contributed by atoms with Gasteiger partial charge in [-0.3, -0.25) is 4.98 Å². The van der Waals surface area contributed by atoms with Gasteiger partial charge in [0.2, 0.25) is 0 Å². The summed E-state index contributed by atoms with van der Waals surface area (Å²) in [7, 11) is 0. The first kappa shape index (κ1) is 10.6. The fraction of sp³-hybridized carbons (Fsp3) is 0.385. The van der Waals surface area contributed by atoms with Crippen LogP contribution in [0.15, 0.2) is 30.5 Å². The van der Waals surface area contributed by atoms with Crippen LogP contribution >= 0.6 is 0 Å². The lowest BCUT2D eigenvalue weighted by atomic mass is 9.99. The number of para-hydroxylation sites is 2. The van der Waals surface area contributed by atoms with Crippen molar-refractivity contribution in [1.29, 1.82) is 0 Å². The Balaban J connectivity index is 1.94. The van der Waals surface area contributed by atoms with Gasteiger partial charge in [-0.05, 0) is 18.6 Å². The largest absolute Gasteiger partial charge is 0.386 e. The third-order valence-corrected chi connectivity index (χ3v) is 3.18. The molecule has 2 aromatic rings. The van der Waals surface area contributed by atoms with Crippen molar-refractivity contribution >= 4 is 11.0 Å². The second kappa shape index (κ2) is 4.39. The fourth-order valence-electron chi connectivity index (χ4n) is 2.16. The lowest BCUT2D eigenvalue weighted by molar-refractivity contribution is 0.0885. The van der Waals surface area contributed by atoms with E-state index in [4.69, 9.17) is 4.74 Å². The topological polar surface area (TPSA) is 55.2 Å². The molecule has 1 saturated heterocycles. The molecular formula is C13H14N2O2. The maximum absolute atomic E-state index is 10.2. The number of aliphatic hydroxyl groups excluding tert-OH is 1. The zero-order valence-corrected chi connectivity index (χ0v) is 9.41. The minimum atomic E-state index is -0.574. The van der Waals surface area contributed by atoms with Crippen molar-refractivity contribution in [1.82, 2.24) is 9.97 Å². The van der Waals surface area contributed by atoms with E-state index in [0.29, 0.717) is 12.3 Å². The third-order valence-electron chi connectivity index (χ3n) is 3.18. The molecule has 1 aliphatic heterocycles. The van der Waals surface area contributed by atoms with E-state index >= 15 is 0 Å². The van der Waals surface area contributed by atoms with Crippen molar-refractivity contribution < 1.29 is 9.84 Å². The Labute approximate surface area is 99.3 Å². The van der Waals surface area contributed by atoms with Crippen LogP contribution in [0.4, 0.5) is 0 Å². The van der Waals surface area contributed by atoms with Crippen molar-refractivity contribution in [3.63, 3.8) is 0 Å². The molecular weight excluding hydrogens is 216 g/mol. The minimum absolute atomic E-state index is 0.144. The quantitative estimate of drug-likeness (QED) is 0.853. The fourth-order valence-corrected chi connectivity index (χ4v) is 2.16. The zero-order valence-electron chi connectivity index (χ0n) is 9.41. The molecule has 2 unspecified atom stereocenters. The predicted octanol–water partition coefficient (Wildman–Crippen LogP) is 1.70. The molecule has 1 aromatic carbocycles. The first-order valence-electron chi connectivity index (χ1n) is 5.82. The predicted molar refractivity (Wildman–Crippen MR) is 63.4 cm³/mol. The molecule has 0 aliphatic carbocycles. The van der Waals surface area contributed by atoms with Crippen LogP contribution in [0.2, 0.25) is 0 Å². The van der Waals surface area contributed by atoms with Gasteiger partial charge in [-0.25, -0.2) is 4.98 Å². The van der Waals surface area contributed by atoms with E-state index < -0.39 is 6.10 Å². The molecule has 4 nitrogen and oxygen atoms in total. The number of fused-ring (bicyclic) bond motifs is 1. The van der Waals surface area contributed by atoms with Gasteiger partial charge in [0.15, 0.2) is 0 Å². The van der Waals surface area contributed by atoms with E-state index in [1.54, 1.807) is 6.20 Å². The summed E-state index contributed by atoms with van der Waals surface area (Å²) in [6.45, 7) is 1.33. The van der Waals surface area contributed by atoms with Gasteiger partial charge >= 0.3 is 0 Å². The maximum Gasteiger partial charge on any atom is 0.103 e. The third kappa shape index (κ3) is 2.01. The smallest absolute Gasteiger partial charge is 0.103 e. The number of nitrogens with zero attached hydrogens (tertiary/aromatic N) is 2. The molecule has 1 fully saturated rings. The van der Waals surface area contributed by atoms with Crippen LogP contribution in [0, 0.1) is 5.92 Å². The van der Waals surface area contributed by atoms with Crippen molar-refractivity contribution in [3.05, 3.63) is 36.2 Å². The maximum atomic E-state index is 10.2. The highest BCUT2D eigenvalue weighted by Gasteiger charge is 2.26. The monoisotopic (exact) mass is 230 g/mol. The van der Waals surface area contributed by atoms with Gasteiger partial charge in [0.1, 0.15) is 6.10 Å². The molecule has 0 bridgehead atoms. The summed E-state index contributed by atoms with van der Waals surface area (Å²) < 4.78 is 5.28. The van der Waals surface area contributed by atoms with Gasteiger partial charge in [-0.15, -0.1) is 0 Å². The summed E-state index contributed by atoms with van der Waals surface area (Å²) in [5.74, 6) is 0.144. The highest BCUT2D eigenvalue weighted by atomic mass is 16.5. The number of aliphatic hydroxyl groups is 1. The number of aromatic nitrogens is 2. The van der Waals surface area contributed by atoms with E-state index in [0.717, 1.165) is 24.1 Å². The Kier molecular flexibility index (Phi) is 2.74. The number of hydrogen-bond donors (Lipinski definition) is 1. The van der Waals surface area contributed by atoms with Gasteiger partial charge in [0.25, 0.3) is 0 Å². The second-order valence-electron chi connectivity index (χ2n) is 4.35. The molecule has 4 heteroatoms. The van der Waals surface area contributed by atoms with Crippen LogP contribution in [0.25, 0.3) is 11.0 Å². The molecule has 1 aliphatic rings. The summed E-state index contributed by atoms with van der Waals surface area (Å²) in [6.07, 6.45) is 1.97. The summed E-state index contributed by atoms with van der Waals surface area (Å²) in [4.78, 5) is 8.76. The molecule has 3 rings (SSSR count). The highest BCUT2D eigenvalue weighted by molar-refractivity contribution is 5.73. The Morgan fingerprint density at radius 3 is 2.88 bits per heavy atom. The Morgan fingerprint density at radius 1 is 1.29 bits per heavy atom. The van der Waals surface area contributed by atoms with Gasteiger partial charge in [0.05, 0.1) is 29.5 Å². The van der Waals surface area contributed by atoms with Gasteiger partial charge < -0.3 is 9.84 Å². The van der Waals surface area contributed by atoms with Gasteiger partial charge in [-0.1, -0.05) is 12.1 Å². The lowest BCUT2D eigenvalue weighted by Gasteiger charge is -2.15. The van der Waals surface area contributed by atoms with Crippen molar-refractivity contribution in [2.24, 2.45) is 5.92 Å². The average molecular weight is 230 g/mol. The first-order chi connectivity index (χ1) is 8.34. The van der Waals surface area contributed by atoms with E-state index in [9.17, 15) is 5.11 Å². The van der Waals surface area contributed by atoms with Crippen LogP contribution in [-0.2, 0) is 4.74 Å². The average Bonchev–Trinajstić information content (AvgIpc) is 2.91. The Hall–Kier alpha value is -1.52. The number of benzene rings is 1. The van der Waals surface area contributed by atoms with E-state index in [1.807, 2.05) is 24.3 Å². The van der Waals surface area contributed by atoms with Crippen LogP contribution < -0.4 is 0 Å². The second-order valence-corrected chi connectivity index (χ2v) is 4.35. The highest BCUT2D eigenvalue weighted by Crippen LogP contribution is 2.27. The first-order valence-corrected chi connectivity index (χ1v) is 5.82.